The number of hydrogen-bond acceptors (Lipinski definition) is 5. The maximum Gasteiger partial charge on any atom is 0.260 e. The summed E-state index contributed by atoms with van der Waals surface area (Å²) in [4.78, 5) is 23.3. The van der Waals surface area contributed by atoms with Crippen LogP contribution in [-0.4, -0.2) is 48.2 Å². The van der Waals surface area contributed by atoms with Gasteiger partial charge in [0.25, 0.3) is 5.91 Å². The molecule has 0 unspecified atom stereocenters. The lowest BCUT2D eigenvalue weighted by atomic mass is 10.2. The summed E-state index contributed by atoms with van der Waals surface area (Å²) >= 11 is 9.38. The van der Waals surface area contributed by atoms with E-state index in [1.165, 1.54) is 4.90 Å². The van der Waals surface area contributed by atoms with Crippen molar-refractivity contribution in [1.29, 1.82) is 0 Å². The molecule has 0 saturated carbocycles. The second-order valence-corrected chi connectivity index (χ2v) is 8.65. The number of carbonyl (C=O) groups excluding carboxylic acids is 1. The number of hydrogen-bond donors (Lipinski definition) is 0. The zero-order valence-corrected chi connectivity index (χ0v) is 19.9. The number of carbonyl (C=O) groups is 1. The van der Waals surface area contributed by atoms with Gasteiger partial charge < -0.3 is 4.90 Å². The molecule has 3 aromatic rings. The fraction of sp³-hybridized carbons (Fsp3) is 0.333. The number of likely N-dealkylation sites (N-methyl/N-ethyl adjacent to an activating group) is 1. The second-order valence-electron chi connectivity index (χ2n) is 6.32. The minimum Gasteiger partial charge on any atom is -0.302 e. The number of thiazole rings is 1. The van der Waals surface area contributed by atoms with E-state index in [0.717, 1.165) is 35.0 Å². The van der Waals surface area contributed by atoms with Crippen molar-refractivity contribution in [2.75, 3.05) is 37.3 Å². The SMILES string of the molecule is CCN(CC)CCN(C(=O)c1cccc(Cl)c1)c1nc2ccc(SC)cc2s1.Cl. The molecular formula is C21H25Cl2N3OS2. The Hall–Kier alpha value is -1.31. The lowest BCUT2D eigenvalue weighted by Crippen LogP contribution is -2.38. The average Bonchev–Trinajstić information content (AvgIpc) is 3.13. The summed E-state index contributed by atoms with van der Waals surface area (Å²) in [5.74, 6) is -0.0706. The standard InChI is InChI=1S/C21H24ClN3OS2.ClH/c1-4-24(5-2)11-12-25(20(26)15-7-6-8-16(22)13-15)21-23-18-10-9-17(27-3)14-19(18)28-21;/h6-10,13-14H,4-5,11-12H2,1-3H3;1H. The highest BCUT2D eigenvalue weighted by Gasteiger charge is 2.22. The molecule has 0 fully saturated rings. The van der Waals surface area contributed by atoms with Crippen molar-refractivity contribution in [2.24, 2.45) is 0 Å². The fourth-order valence-corrected chi connectivity index (χ4v) is 4.71. The Bertz CT molecular complexity index is 960. The van der Waals surface area contributed by atoms with Crippen LogP contribution in [0.1, 0.15) is 24.2 Å². The van der Waals surface area contributed by atoms with Crippen molar-refractivity contribution < 1.29 is 4.79 Å². The van der Waals surface area contributed by atoms with Gasteiger partial charge in [0.05, 0.1) is 10.2 Å². The highest BCUT2D eigenvalue weighted by atomic mass is 35.5. The van der Waals surface area contributed by atoms with Crippen LogP contribution < -0.4 is 4.90 Å². The Kier molecular flexibility index (Phi) is 9.24. The molecule has 0 atom stereocenters. The van der Waals surface area contributed by atoms with Gasteiger partial charge >= 0.3 is 0 Å². The zero-order chi connectivity index (χ0) is 20.1. The molecule has 0 aliphatic carbocycles. The van der Waals surface area contributed by atoms with Crippen molar-refractivity contribution in [3.8, 4) is 0 Å². The summed E-state index contributed by atoms with van der Waals surface area (Å²) in [7, 11) is 0. The quantitative estimate of drug-likeness (QED) is 0.374. The number of benzene rings is 2. The first-order chi connectivity index (χ1) is 13.5. The molecule has 156 valence electrons. The van der Waals surface area contributed by atoms with E-state index in [1.54, 1.807) is 52.3 Å². The topological polar surface area (TPSA) is 36.4 Å². The maximum atomic E-state index is 13.3. The number of nitrogens with zero attached hydrogens (tertiary/aromatic N) is 3. The Morgan fingerprint density at radius 2 is 1.90 bits per heavy atom. The van der Waals surface area contributed by atoms with Gasteiger partial charge in [-0.3, -0.25) is 9.69 Å². The molecule has 0 aliphatic heterocycles. The molecule has 0 radical (unpaired) electrons. The first kappa shape index (κ1) is 24.0. The molecule has 0 bridgehead atoms. The largest absolute Gasteiger partial charge is 0.302 e. The van der Waals surface area contributed by atoms with Crippen molar-refractivity contribution in [2.45, 2.75) is 18.7 Å². The van der Waals surface area contributed by atoms with Crippen molar-refractivity contribution in [3.63, 3.8) is 0 Å². The lowest BCUT2D eigenvalue weighted by molar-refractivity contribution is 0.0984. The van der Waals surface area contributed by atoms with Crippen LogP contribution in [0.2, 0.25) is 5.02 Å². The van der Waals surface area contributed by atoms with Crippen LogP contribution in [0, 0.1) is 0 Å². The first-order valence-electron chi connectivity index (χ1n) is 9.30. The molecule has 0 aliphatic rings. The Labute approximate surface area is 191 Å². The smallest absolute Gasteiger partial charge is 0.260 e. The van der Waals surface area contributed by atoms with E-state index in [2.05, 4.69) is 37.1 Å². The van der Waals surface area contributed by atoms with Crippen molar-refractivity contribution in [3.05, 3.63) is 53.1 Å². The van der Waals surface area contributed by atoms with Crippen LogP contribution in [0.4, 0.5) is 5.13 Å². The van der Waals surface area contributed by atoms with E-state index in [0.29, 0.717) is 17.1 Å². The molecule has 29 heavy (non-hydrogen) atoms. The zero-order valence-electron chi connectivity index (χ0n) is 16.7. The molecule has 3 rings (SSSR count). The number of amides is 1. The summed E-state index contributed by atoms with van der Waals surface area (Å²) in [6, 6.07) is 13.3. The van der Waals surface area contributed by atoms with Gasteiger partial charge in [0.2, 0.25) is 0 Å². The number of thioether (sulfide) groups is 1. The van der Waals surface area contributed by atoms with Crippen LogP contribution in [-0.2, 0) is 0 Å². The molecule has 1 aromatic heterocycles. The maximum absolute atomic E-state index is 13.3. The average molecular weight is 470 g/mol. The van der Waals surface area contributed by atoms with E-state index >= 15 is 0 Å². The lowest BCUT2D eigenvalue weighted by Gasteiger charge is -2.24. The van der Waals surface area contributed by atoms with Gasteiger partial charge in [-0.25, -0.2) is 4.98 Å². The van der Waals surface area contributed by atoms with E-state index in [9.17, 15) is 4.79 Å². The molecule has 2 aromatic carbocycles. The van der Waals surface area contributed by atoms with E-state index in [1.807, 2.05) is 6.07 Å². The highest BCUT2D eigenvalue weighted by Crippen LogP contribution is 2.32. The molecule has 0 N–H and O–H groups in total. The number of rotatable bonds is 8. The van der Waals surface area contributed by atoms with E-state index in [4.69, 9.17) is 16.6 Å². The summed E-state index contributed by atoms with van der Waals surface area (Å²) < 4.78 is 1.09. The summed E-state index contributed by atoms with van der Waals surface area (Å²) in [5.41, 5.74) is 1.50. The van der Waals surface area contributed by atoms with Gasteiger partial charge in [-0.2, -0.15) is 0 Å². The van der Waals surface area contributed by atoms with Crippen LogP contribution >= 0.6 is 47.1 Å². The second kappa shape index (κ2) is 11.2. The minimum absolute atomic E-state index is 0. The number of fused-ring (bicyclic) bond motifs is 1. The third-order valence-electron chi connectivity index (χ3n) is 4.67. The molecule has 1 amide bonds. The fourth-order valence-electron chi connectivity index (χ4n) is 2.98. The van der Waals surface area contributed by atoms with Gasteiger partial charge in [-0.05, 0) is 55.7 Å². The number of anilines is 1. The van der Waals surface area contributed by atoms with Crippen LogP contribution in [0.25, 0.3) is 10.2 Å². The normalized spacial score (nSPS) is 10.9. The van der Waals surface area contributed by atoms with Crippen LogP contribution in [0.15, 0.2) is 47.4 Å². The third-order valence-corrected chi connectivity index (χ3v) is 6.67. The van der Waals surface area contributed by atoms with Crippen molar-refractivity contribution >= 4 is 68.4 Å². The van der Waals surface area contributed by atoms with Gasteiger partial charge in [0, 0.05) is 28.6 Å². The van der Waals surface area contributed by atoms with E-state index in [-0.39, 0.29) is 18.3 Å². The van der Waals surface area contributed by atoms with Gasteiger partial charge in [-0.15, -0.1) is 24.2 Å². The van der Waals surface area contributed by atoms with Crippen LogP contribution in [0.5, 0.6) is 0 Å². The number of aromatic nitrogens is 1. The molecule has 8 heteroatoms. The summed E-state index contributed by atoms with van der Waals surface area (Å²) in [6.45, 7) is 7.55. The van der Waals surface area contributed by atoms with E-state index < -0.39 is 0 Å². The highest BCUT2D eigenvalue weighted by molar-refractivity contribution is 7.98. The predicted octanol–water partition coefficient (Wildman–Crippen LogP) is 6.08. The molecule has 4 nitrogen and oxygen atoms in total. The molecule has 0 saturated heterocycles. The summed E-state index contributed by atoms with van der Waals surface area (Å²) in [6.07, 6.45) is 2.06. The van der Waals surface area contributed by atoms with Gasteiger partial charge in [0.1, 0.15) is 0 Å². The Morgan fingerprint density at radius 1 is 1.14 bits per heavy atom. The summed E-state index contributed by atoms with van der Waals surface area (Å²) in [5, 5.41) is 1.29. The first-order valence-corrected chi connectivity index (χ1v) is 11.7. The Morgan fingerprint density at radius 3 is 2.55 bits per heavy atom. The number of halogens is 2. The molecule has 0 spiro atoms. The predicted molar refractivity (Wildman–Crippen MR) is 130 cm³/mol. The Balaban J connectivity index is 0.00000300. The van der Waals surface area contributed by atoms with Gasteiger partial charge in [0.15, 0.2) is 5.13 Å². The van der Waals surface area contributed by atoms with Crippen molar-refractivity contribution in [1.82, 2.24) is 9.88 Å². The van der Waals surface area contributed by atoms with Crippen LogP contribution in [0.3, 0.4) is 0 Å². The minimum atomic E-state index is -0.0706. The monoisotopic (exact) mass is 469 g/mol. The van der Waals surface area contributed by atoms with Gasteiger partial charge in [-0.1, -0.05) is 42.9 Å². The third kappa shape index (κ3) is 5.86. The molecular weight excluding hydrogens is 445 g/mol. The molecule has 1 heterocycles.